The first kappa shape index (κ1) is 21.3. The number of hydrogen-bond donors (Lipinski definition) is 0. The second-order valence-corrected chi connectivity index (χ2v) is 7.27. The topological polar surface area (TPSA) is 63.0 Å². The zero-order valence-electron chi connectivity index (χ0n) is 16.1. The number of alkyl halides is 1. The Labute approximate surface area is 174 Å². The maximum atomic E-state index is 13.2. The molecule has 1 aromatic carbocycles. The average molecular weight is 423 g/mol. The molecule has 29 heavy (non-hydrogen) atoms. The molecular weight excluding hydrogens is 399 g/mol. The molecule has 0 spiro atoms. The number of carbonyl (C=O) groups excluding carboxylic acids is 2. The van der Waals surface area contributed by atoms with Crippen molar-refractivity contribution in [2.24, 2.45) is 0 Å². The predicted octanol–water partition coefficient (Wildman–Crippen LogP) is 3.19. The van der Waals surface area contributed by atoms with Crippen molar-refractivity contribution in [1.29, 1.82) is 0 Å². The molecule has 1 aromatic heterocycles. The van der Waals surface area contributed by atoms with E-state index >= 15 is 0 Å². The summed E-state index contributed by atoms with van der Waals surface area (Å²) >= 11 is 5.75. The van der Waals surface area contributed by atoms with Gasteiger partial charge >= 0.3 is 0 Å². The second-order valence-electron chi connectivity index (χ2n) is 7.00. The van der Waals surface area contributed by atoms with Crippen LogP contribution < -0.4 is 0 Å². The molecule has 2 heterocycles. The zero-order chi connectivity index (χ0) is 20.6. The number of furan rings is 1. The highest BCUT2D eigenvalue weighted by atomic mass is 35.5. The number of carbonyl (C=O) groups is 2. The molecule has 0 bridgehead atoms. The molecule has 1 saturated heterocycles. The minimum Gasteiger partial charge on any atom is -0.467 e. The Kier molecular flexibility index (Phi) is 7.66. The quantitative estimate of drug-likeness (QED) is 0.582. The smallest absolute Gasteiger partial charge is 0.242 e. The summed E-state index contributed by atoms with van der Waals surface area (Å²) in [4.78, 5) is 28.4. The molecule has 0 N–H and O–H groups in total. The van der Waals surface area contributed by atoms with Crippen LogP contribution in [0.25, 0.3) is 0 Å². The van der Waals surface area contributed by atoms with Crippen LogP contribution in [0.3, 0.4) is 0 Å². The largest absolute Gasteiger partial charge is 0.467 e. The molecule has 2 amide bonds. The van der Waals surface area contributed by atoms with Crippen LogP contribution in [-0.4, -0.2) is 53.3 Å². The molecule has 1 atom stereocenters. The van der Waals surface area contributed by atoms with E-state index < -0.39 is 0 Å². The Morgan fingerprint density at radius 1 is 1.10 bits per heavy atom. The van der Waals surface area contributed by atoms with Crippen LogP contribution >= 0.6 is 11.6 Å². The average Bonchev–Trinajstić information content (AvgIpc) is 3.42. The van der Waals surface area contributed by atoms with E-state index in [0.29, 0.717) is 18.9 Å². The molecule has 2 aromatic rings. The summed E-state index contributed by atoms with van der Waals surface area (Å²) in [5, 5.41) is 0. The van der Waals surface area contributed by atoms with Gasteiger partial charge in [0.1, 0.15) is 17.5 Å². The van der Waals surface area contributed by atoms with Gasteiger partial charge in [0.15, 0.2) is 0 Å². The van der Waals surface area contributed by atoms with Crippen molar-refractivity contribution in [3.05, 3.63) is 59.8 Å². The van der Waals surface area contributed by atoms with E-state index in [1.165, 1.54) is 23.3 Å². The molecule has 1 aliphatic rings. The molecule has 3 rings (SSSR count). The number of rotatable bonds is 9. The van der Waals surface area contributed by atoms with Gasteiger partial charge in [0.25, 0.3) is 0 Å². The van der Waals surface area contributed by atoms with Crippen LogP contribution in [0.15, 0.2) is 47.1 Å². The lowest BCUT2D eigenvalue weighted by molar-refractivity contribution is -0.141. The second kappa shape index (κ2) is 10.4. The highest BCUT2D eigenvalue weighted by Crippen LogP contribution is 2.16. The number of nitrogens with zero attached hydrogens (tertiary/aromatic N) is 2. The van der Waals surface area contributed by atoms with E-state index in [1.807, 2.05) is 0 Å². The van der Waals surface area contributed by atoms with Crippen LogP contribution in [-0.2, 0) is 27.4 Å². The predicted molar refractivity (Wildman–Crippen MR) is 106 cm³/mol. The summed E-state index contributed by atoms with van der Waals surface area (Å²) in [5.41, 5.74) is 0.778. The van der Waals surface area contributed by atoms with E-state index in [2.05, 4.69) is 0 Å². The lowest BCUT2D eigenvalue weighted by Crippen LogP contribution is -2.45. The fourth-order valence-electron chi connectivity index (χ4n) is 3.27. The highest BCUT2D eigenvalue weighted by Gasteiger charge is 2.26. The zero-order valence-corrected chi connectivity index (χ0v) is 16.8. The molecule has 8 heteroatoms. The van der Waals surface area contributed by atoms with E-state index in [9.17, 15) is 14.0 Å². The van der Waals surface area contributed by atoms with Crippen molar-refractivity contribution in [3.8, 4) is 0 Å². The Bertz CT molecular complexity index is 792. The number of benzene rings is 1. The van der Waals surface area contributed by atoms with Crippen LogP contribution in [0.1, 0.15) is 24.2 Å². The fourth-order valence-corrected chi connectivity index (χ4v) is 3.44. The van der Waals surface area contributed by atoms with Gasteiger partial charge in [-0.3, -0.25) is 9.59 Å². The standard InChI is InChI=1S/C21H24ClFN2O4/c22-11-20(26)25(14-19-4-2-10-29-19)15-21(27)24(13-18-3-1-9-28-18)12-16-5-7-17(23)8-6-16/h1,3,5-9,19H,2,4,10-15H2. The van der Waals surface area contributed by atoms with E-state index in [4.69, 9.17) is 20.8 Å². The van der Waals surface area contributed by atoms with Gasteiger partial charge in [0.05, 0.1) is 25.5 Å². The minimum atomic E-state index is -0.340. The SMILES string of the molecule is O=C(CN(CC1CCCO1)C(=O)CCl)N(Cc1ccc(F)cc1)Cc1ccco1. The monoisotopic (exact) mass is 422 g/mol. The van der Waals surface area contributed by atoms with Crippen molar-refractivity contribution < 1.29 is 23.1 Å². The van der Waals surface area contributed by atoms with Gasteiger partial charge < -0.3 is 19.0 Å². The fraction of sp³-hybridized carbons (Fsp3) is 0.429. The molecule has 0 aliphatic carbocycles. The van der Waals surface area contributed by atoms with Gasteiger partial charge in [-0.05, 0) is 42.7 Å². The van der Waals surface area contributed by atoms with Crippen molar-refractivity contribution >= 4 is 23.4 Å². The summed E-state index contributed by atoms with van der Waals surface area (Å²) in [6, 6.07) is 9.49. The van der Waals surface area contributed by atoms with Crippen molar-refractivity contribution in [2.75, 3.05) is 25.6 Å². The first-order valence-electron chi connectivity index (χ1n) is 9.55. The van der Waals surface area contributed by atoms with Gasteiger partial charge in [-0.25, -0.2) is 4.39 Å². The third-order valence-corrected chi connectivity index (χ3v) is 5.04. The van der Waals surface area contributed by atoms with Crippen LogP contribution in [0, 0.1) is 5.82 Å². The Balaban J connectivity index is 1.72. The molecule has 0 radical (unpaired) electrons. The first-order chi connectivity index (χ1) is 14.0. The minimum absolute atomic E-state index is 0.0782. The normalized spacial score (nSPS) is 16.0. The third kappa shape index (κ3) is 6.30. The van der Waals surface area contributed by atoms with Crippen LogP contribution in [0.4, 0.5) is 4.39 Å². The summed E-state index contributed by atoms with van der Waals surface area (Å²) < 4.78 is 24.2. The Morgan fingerprint density at radius 2 is 1.90 bits per heavy atom. The molecule has 1 unspecified atom stereocenters. The van der Waals surface area contributed by atoms with Gasteiger partial charge in [-0.2, -0.15) is 0 Å². The summed E-state index contributed by atoms with van der Waals surface area (Å²) in [5.74, 6) is -0.476. The number of amides is 2. The van der Waals surface area contributed by atoms with Gasteiger partial charge in [-0.1, -0.05) is 12.1 Å². The lowest BCUT2D eigenvalue weighted by atomic mass is 10.2. The lowest BCUT2D eigenvalue weighted by Gasteiger charge is -2.28. The van der Waals surface area contributed by atoms with Gasteiger partial charge in [-0.15, -0.1) is 11.6 Å². The van der Waals surface area contributed by atoms with Crippen LogP contribution in [0.5, 0.6) is 0 Å². The first-order valence-corrected chi connectivity index (χ1v) is 10.1. The maximum absolute atomic E-state index is 13.2. The van der Waals surface area contributed by atoms with E-state index in [-0.39, 0.29) is 49.2 Å². The number of hydrogen-bond acceptors (Lipinski definition) is 4. The molecular formula is C21H24ClFN2O4. The van der Waals surface area contributed by atoms with Crippen LogP contribution in [0.2, 0.25) is 0 Å². The molecule has 1 fully saturated rings. The van der Waals surface area contributed by atoms with Gasteiger partial charge in [0.2, 0.25) is 11.8 Å². The number of ether oxygens (including phenoxy) is 1. The third-order valence-electron chi connectivity index (χ3n) is 4.81. The summed E-state index contributed by atoms with van der Waals surface area (Å²) in [6.07, 6.45) is 3.25. The highest BCUT2D eigenvalue weighted by molar-refractivity contribution is 6.27. The van der Waals surface area contributed by atoms with Crippen molar-refractivity contribution in [3.63, 3.8) is 0 Å². The van der Waals surface area contributed by atoms with Gasteiger partial charge in [0, 0.05) is 19.7 Å². The summed E-state index contributed by atoms with van der Waals surface area (Å²) in [6.45, 7) is 1.40. The Hall–Kier alpha value is -2.38. The maximum Gasteiger partial charge on any atom is 0.242 e. The molecule has 6 nitrogen and oxygen atoms in total. The van der Waals surface area contributed by atoms with E-state index in [0.717, 1.165) is 18.4 Å². The molecule has 0 saturated carbocycles. The van der Waals surface area contributed by atoms with Crippen molar-refractivity contribution in [2.45, 2.75) is 32.0 Å². The molecule has 156 valence electrons. The molecule has 1 aliphatic heterocycles. The Morgan fingerprint density at radius 3 is 2.52 bits per heavy atom. The van der Waals surface area contributed by atoms with Crippen molar-refractivity contribution in [1.82, 2.24) is 9.80 Å². The number of halogens is 2. The summed E-state index contributed by atoms with van der Waals surface area (Å²) in [7, 11) is 0. The van der Waals surface area contributed by atoms with E-state index in [1.54, 1.807) is 29.2 Å².